The number of rotatable bonds is 8. The summed E-state index contributed by atoms with van der Waals surface area (Å²) in [5, 5.41) is 2.48. The smallest absolute Gasteiger partial charge is 0.0540 e. The monoisotopic (exact) mass is 787 g/mol. The lowest BCUT2D eigenvalue weighted by atomic mass is 9.78. The Morgan fingerprint density at radius 3 is 1.23 bits per heavy atom. The summed E-state index contributed by atoms with van der Waals surface area (Å²) in [7, 11) is 0. The minimum absolute atomic E-state index is 0.00183. The lowest BCUT2D eigenvalue weighted by Gasteiger charge is -2.30. The second-order valence-corrected chi connectivity index (χ2v) is 18.2. The minimum atomic E-state index is 0.00183. The molecule has 0 unspecified atom stereocenters. The van der Waals surface area contributed by atoms with Gasteiger partial charge in [-0.25, -0.2) is 0 Å². The first-order valence-electron chi connectivity index (χ1n) is 21.5. The van der Waals surface area contributed by atoms with E-state index in [1.54, 1.807) is 0 Å². The van der Waals surface area contributed by atoms with E-state index >= 15 is 0 Å². The Morgan fingerprint density at radius 2 is 0.689 bits per heavy atom. The highest BCUT2D eigenvalue weighted by molar-refractivity contribution is 6.09. The molecule has 0 saturated heterocycles. The van der Waals surface area contributed by atoms with Gasteiger partial charge in [0.25, 0.3) is 0 Å². The van der Waals surface area contributed by atoms with Crippen molar-refractivity contribution in [2.24, 2.45) is 0 Å². The van der Waals surface area contributed by atoms with E-state index in [0.29, 0.717) is 0 Å². The fraction of sp³-hybridized carbons (Fsp3) is 0.133. The molecule has 9 rings (SSSR count). The van der Waals surface area contributed by atoms with Crippen molar-refractivity contribution in [3.05, 3.63) is 223 Å². The molecule has 9 aromatic carbocycles. The summed E-state index contributed by atoms with van der Waals surface area (Å²) in [6.45, 7) is 13.9. The molecule has 0 heterocycles. The molecule has 0 N–H and O–H groups in total. The lowest BCUT2D eigenvalue weighted by molar-refractivity contribution is 0.569. The van der Waals surface area contributed by atoms with Gasteiger partial charge in [0, 0.05) is 16.8 Å². The van der Waals surface area contributed by atoms with Crippen molar-refractivity contribution in [3.8, 4) is 55.6 Å². The van der Waals surface area contributed by atoms with Gasteiger partial charge in [-0.2, -0.15) is 0 Å². The van der Waals surface area contributed by atoms with Gasteiger partial charge in [0.1, 0.15) is 0 Å². The molecule has 9 aromatic rings. The van der Waals surface area contributed by atoms with E-state index in [0.717, 1.165) is 22.6 Å². The zero-order valence-electron chi connectivity index (χ0n) is 36.2. The maximum atomic E-state index is 2.46. The van der Waals surface area contributed by atoms with Crippen molar-refractivity contribution in [1.82, 2.24) is 0 Å². The number of anilines is 3. The molecule has 0 aromatic heterocycles. The Balaban J connectivity index is 1.28. The van der Waals surface area contributed by atoms with Gasteiger partial charge in [-0.1, -0.05) is 230 Å². The molecule has 0 atom stereocenters. The topological polar surface area (TPSA) is 3.24 Å². The van der Waals surface area contributed by atoms with E-state index in [9.17, 15) is 0 Å². The second-order valence-electron chi connectivity index (χ2n) is 18.2. The van der Waals surface area contributed by atoms with Crippen LogP contribution in [0.5, 0.6) is 0 Å². The van der Waals surface area contributed by atoms with Crippen LogP contribution in [0.25, 0.3) is 66.4 Å². The predicted molar refractivity (Wildman–Crippen MR) is 263 cm³/mol. The van der Waals surface area contributed by atoms with Gasteiger partial charge < -0.3 is 4.90 Å². The molecule has 0 bridgehead atoms. The van der Waals surface area contributed by atoms with E-state index < -0.39 is 0 Å². The Kier molecular flexibility index (Phi) is 10.5. The van der Waals surface area contributed by atoms with Crippen molar-refractivity contribution in [2.45, 2.75) is 52.4 Å². The van der Waals surface area contributed by atoms with Crippen molar-refractivity contribution in [1.29, 1.82) is 0 Å². The summed E-state index contributed by atoms with van der Waals surface area (Å²) < 4.78 is 0. The van der Waals surface area contributed by atoms with Gasteiger partial charge in [0.2, 0.25) is 0 Å². The van der Waals surface area contributed by atoms with Crippen LogP contribution in [0.3, 0.4) is 0 Å². The number of para-hydroxylation sites is 3. The summed E-state index contributed by atoms with van der Waals surface area (Å²) in [6.07, 6.45) is 0. The molecular formula is C60H53N. The number of hydrogen-bond donors (Lipinski definition) is 0. The number of hydrogen-bond acceptors (Lipinski definition) is 1. The summed E-state index contributed by atoms with van der Waals surface area (Å²) >= 11 is 0. The van der Waals surface area contributed by atoms with Crippen molar-refractivity contribution >= 4 is 27.8 Å². The minimum Gasteiger partial charge on any atom is -0.309 e. The zero-order valence-corrected chi connectivity index (χ0v) is 36.2. The van der Waals surface area contributed by atoms with Crippen LogP contribution < -0.4 is 4.90 Å². The summed E-state index contributed by atoms with van der Waals surface area (Å²) in [5.41, 5.74) is 18.1. The predicted octanol–water partition coefficient (Wildman–Crippen LogP) is 17.2. The SMILES string of the molecule is CC(C)(C)c1cc(-c2cccc3cccc(-c4ccccc4N(c4ccccc4)c4ccccc4-c4ccccc4-c4ccccc4-c4ccccc4)c23)cc(C(C)(C)C)c1. The average molecular weight is 788 g/mol. The third-order valence-electron chi connectivity index (χ3n) is 12.0. The van der Waals surface area contributed by atoms with E-state index in [2.05, 4.69) is 259 Å². The van der Waals surface area contributed by atoms with Crippen molar-refractivity contribution < 1.29 is 0 Å². The van der Waals surface area contributed by atoms with E-state index in [4.69, 9.17) is 0 Å². The summed E-state index contributed by atoms with van der Waals surface area (Å²) in [5.74, 6) is 0. The molecule has 0 aliphatic carbocycles. The maximum absolute atomic E-state index is 2.46. The molecule has 0 radical (unpaired) electrons. The summed E-state index contributed by atoms with van der Waals surface area (Å²) in [6, 6.07) is 77.9. The van der Waals surface area contributed by atoms with Crippen LogP contribution in [0.2, 0.25) is 0 Å². The Hall–Kier alpha value is -6.96. The fourth-order valence-corrected chi connectivity index (χ4v) is 8.77. The first kappa shape index (κ1) is 39.5. The van der Waals surface area contributed by atoms with Gasteiger partial charge in [-0.15, -0.1) is 0 Å². The number of benzene rings is 9. The van der Waals surface area contributed by atoms with Crippen LogP contribution in [-0.2, 0) is 10.8 Å². The largest absolute Gasteiger partial charge is 0.309 e. The Labute approximate surface area is 362 Å². The van der Waals surface area contributed by atoms with Crippen molar-refractivity contribution in [2.75, 3.05) is 4.90 Å². The highest BCUT2D eigenvalue weighted by Gasteiger charge is 2.25. The molecule has 0 fully saturated rings. The highest BCUT2D eigenvalue weighted by Crippen LogP contribution is 2.49. The van der Waals surface area contributed by atoms with Gasteiger partial charge in [-0.05, 0) is 102 Å². The normalized spacial score (nSPS) is 11.8. The molecular weight excluding hydrogens is 735 g/mol. The number of nitrogens with zero attached hydrogens (tertiary/aromatic N) is 1. The second kappa shape index (κ2) is 16.2. The van der Waals surface area contributed by atoms with E-state index in [1.807, 2.05) is 0 Å². The van der Waals surface area contributed by atoms with E-state index in [-0.39, 0.29) is 10.8 Å². The highest BCUT2D eigenvalue weighted by atomic mass is 15.1. The molecule has 0 saturated carbocycles. The molecule has 1 heteroatoms. The third-order valence-corrected chi connectivity index (χ3v) is 12.0. The van der Waals surface area contributed by atoms with Crippen LogP contribution in [0.15, 0.2) is 212 Å². The molecule has 61 heavy (non-hydrogen) atoms. The molecule has 0 aliphatic heterocycles. The van der Waals surface area contributed by atoms with Gasteiger partial charge >= 0.3 is 0 Å². The molecule has 0 spiro atoms. The van der Waals surface area contributed by atoms with Gasteiger partial charge in [0.05, 0.1) is 11.4 Å². The molecule has 0 aliphatic rings. The van der Waals surface area contributed by atoms with Crippen LogP contribution in [-0.4, -0.2) is 0 Å². The summed E-state index contributed by atoms with van der Waals surface area (Å²) in [4.78, 5) is 2.46. The first-order valence-corrected chi connectivity index (χ1v) is 21.5. The zero-order chi connectivity index (χ0) is 42.1. The lowest BCUT2D eigenvalue weighted by Crippen LogP contribution is -2.16. The average Bonchev–Trinajstić information content (AvgIpc) is 3.29. The van der Waals surface area contributed by atoms with E-state index in [1.165, 1.54) is 72.0 Å². The van der Waals surface area contributed by atoms with Crippen LogP contribution in [0, 0.1) is 0 Å². The quantitative estimate of drug-likeness (QED) is 0.148. The fourth-order valence-electron chi connectivity index (χ4n) is 8.77. The van der Waals surface area contributed by atoms with Crippen molar-refractivity contribution in [3.63, 3.8) is 0 Å². The third kappa shape index (κ3) is 7.81. The Morgan fingerprint density at radius 1 is 0.295 bits per heavy atom. The maximum Gasteiger partial charge on any atom is 0.0540 e. The standard InChI is InChI=1S/C60H53N/c1-59(2,3)45-39-44(40-46(41-45)60(4,5)6)49-35-21-25-43-26-22-36-55(58(43)49)54-34-18-20-38-57(54)61(47-27-11-8-12-28-47)56-37-19-17-33-53(56)52-32-16-15-31-51(52)50-30-14-13-29-48(50)42-23-9-7-10-24-42/h7-41H,1-6H3. The molecule has 0 amide bonds. The molecule has 298 valence electrons. The van der Waals surface area contributed by atoms with Gasteiger partial charge in [-0.3, -0.25) is 0 Å². The van der Waals surface area contributed by atoms with Gasteiger partial charge in [0.15, 0.2) is 0 Å². The van der Waals surface area contributed by atoms with Crippen LogP contribution in [0.1, 0.15) is 52.7 Å². The van der Waals surface area contributed by atoms with Crippen LogP contribution >= 0.6 is 0 Å². The first-order chi connectivity index (χ1) is 29.6. The molecule has 1 nitrogen and oxygen atoms in total. The van der Waals surface area contributed by atoms with Crippen LogP contribution in [0.4, 0.5) is 17.1 Å². The Bertz CT molecular complexity index is 2940. The number of fused-ring (bicyclic) bond motifs is 1.